The summed E-state index contributed by atoms with van der Waals surface area (Å²) in [5.74, 6) is 0.160. The molecule has 3 aromatic rings. The summed E-state index contributed by atoms with van der Waals surface area (Å²) in [5.41, 5.74) is 1.06. The summed E-state index contributed by atoms with van der Waals surface area (Å²) in [6.07, 6.45) is 4.05. The van der Waals surface area contributed by atoms with Crippen LogP contribution >= 0.6 is 0 Å². The highest BCUT2D eigenvalue weighted by Crippen LogP contribution is 2.33. The number of rotatable bonds is 11. The second-order valence-electron chi connectivity index (χ2n) is 12.2. The molecule has 1 fully saturated rings. The zero-order chi connectivity index (χ0) is 30.3. The molecular formula is C33H44F2N4O3. The van der Waals surface area contributed by atoms with Crippen molar-refractivity contribution in [2.24, 2.45) is 11.8 Å². The van der Waals surface area contributed by atoms with Crippen molar-refractivity contribution in [1.29, 1.82) is 0 Å². The first-order chi connectivity index (χ1) is 20.0. The van der Waals surface area contributed by atoms with Crippen molar-refractivity contribution in [3.8, 4) is 11.3 Å². The number of nitrogens with zero attached hydrogens (tertiary/aromatic N) is 3. The topological polar surface area (TPSA) is 68.6 Å². The number of carbonyl (C=O) groups excluding carboxylic acids is 1. The minimum Gasteiger partial charge on any atom is -0.444 e. The highest BCUT2D eigenvalue weighted by molar-refractivity contribution is 5.67. The fourth-order valence-corrected chi connectivity index (χ4v) is 5.36. The Balaban J connectivity index is 1.64. The highest BCUT2D eigenvalue weighted by atomic mass is 19.1. The molecule has 1 saturated heterocycles. The smallest absolute Gasteiger partial charge is 0.410 e. The van der Waals surface area contributed by atoms with Crippen LogP contribution in [0.4, 0.5) is 13.6 Å². The average Bonchev–Trinajstić information content (AvgIpc) is 3.36. The van der Waals surface area contributed by atoms with Gasteiger partial charge in [0, 0.05) is 51.7 Å². The van der Waals surface area contributed by atoms with Gasteiger partial charge in [0.05, 0.1) is 11.7 Å². The van der Waals surface area contributed by atoms with E-state index in [9.17, 15) is 13.6 Å². The third-order valence-corrected chi connectivity index (χ3v) is 7.66. The summed E-state index contributed by atoms with van der Waals surface area (Å²) < 4.78 is 42.3. The molecule has 0 aliphatic carbocycles. The number of nitrogens with one attached hydrogen (secondary N) is 1. The van der Waals surface area contributed by atoms with Gasteiger partial charge in [-0.25, -0.2) is 18.6 Å². The van der Waals surface area contributed by atoms with Crippen molar-refractivity contribution in [1.82, 2.24) is 19.8 Å². The molecule has 2 atom stereocenters. The summed E-state index contributed by atoms with van der Waals surface area (Å²) in [6.45, 7) is 10.7. The van der Waals surface area contributed by atoms with E-state index >= 15 is 0 Å². The first kappa shape index (κ1) is 31.6. The van der Waals surface area contributed by atoms with Crippen LogP contribution in [0.25, 0.3) is 11.3 Å². The van der Waals surface area contributed by atoms with Crippen LogP contribution in [0.1, 0.15) is 64.4 Å². The van der Waals surface area contributed by atoms with E-state index < -0.39 is 17.2 Å². The number of aromatic nitrogens is 2. The summed E-state index contributed by atoms with van der Waals surface area (Å²) in [5, 5.41) is 3.78. The molecule has 1 amide bonds. The van der Waals surface area contributed by atoms with Crippen molar-refractivity contribution in [2.45, 2.75) is 65.1 Å². The first-order valence-electron chi connectivity index (χ1n) is 14.9. The molecule has 1 N–H and O–H groups in total. The molecule has 2 aromatic carbocycles. The number of hydrogen-bond acceptors (Lipinski definition) is 5. The molecule has 0 radical (unpaired) electrons. The fraction of sp³-hybridized carbons (Fsp3) is 0.515. The molecule has 1 aliphatic heterocycles. The van der Waals surface area contributed by atoms with E-state index in [-0.39, 0.29) is 29.5 Å². The van der Waals surface area contributed by atoms with Gasteiger partial charge in [0.2, 0.25) is 0 Å². The molecule has 4 rings (SSSR count). The summed E-state index contributed by atoms with van der Waals surface area (Å²) >= 11 is 0. The van der Waals surface area contributed by atoms with E-state index in [1.165, 1.54) is 6.07 Å². The van der Waals surface area contributed by atoms with Crippen LogP contribution in [-0.2, 0) is 16.0 Å². The zero-order valence-electron chi connectivity index (χ0n) is 25.4. The maximum atomic E-state index is 14.9. The van der Waals surface area contributed by atoms with Gasteiger partial charge in [0.1, 0.15) is 23.1 Å². The van der Waals surface area contributed by atoms with Gasteiger partial charge in [-0.05, 0) is 69.2 Å². The lowest BCUT2D eigenvalue weighted by Gasteiger charge is -2.33. The lowest BCUT2D eigenvalue weighted by Crippen LogP contribution is -2.41. The molecule has 0 bridgehead atoms. The number of benzene rings is 2. The van der Waals surface area contributed by atoms with Gasteiger partial charge in [-0.15, -0.1) is 0 Å². The molecule has 0 saturated carbocycles. The van der Waals surface area contributed by atoms with Crippen molar-refractivity contribution < 1.29 is 23.0 Å². The Kier molecular flexibility index (Phi) is 10.7. The van der Waals surface area contributed by atoms with Gasteiger partial charge >= 0.3 is 6.09 Å². The van der Waals surface area contributed by atoms with Crippen LogP contribution in [0.15, 0.2) is 54.7 Å². The number of amides is 1. The summed E-state index contributed by atoms with van der Waals surface area (Å²) in [7, 11) is 1.76. The maximum Gasteiger partial charge on any atom is 0.410 e. The Bertz CT molecular complexity index is 1300. The van der Waals surface area contributed by atoms with Crippen molar-refractivity contribution in [3.63, 3.8) is 0 Å². The molecular weight excluding hydrogens is 538 g/mol. The zero-order valence-corrected chi connectivity index (χ0v) is 25.4. The SMILES string of the molecule is CCC(CNC(c1nc(-c2cc(F)ccc2F)cn1Cc1ccccc1)C1CCOCC1)CN(C)C(=O)OC(C)(C)C. The maximum absolute atomic E-state index is 14.9. The predicted octanol–water partition coefficient (Wildman–Crippen LogP) is 6.83. The molecule has 42 heavy (non-hydrogen) atoms. The van der Waals surface area contributed by atoms with E-state index in [4.69, 9.17) is 14.5 Å². The van der Waals surface area contributed by atoms with Crippen LogP contribution < -0.4 is 5.32 Å². The van der Waals surface area contributed by atoms with Crippen molar-refractivity contribution >= 4 is 6.09 Å². The van der Waals surface area contributed by atoms with Crippen LogP contribution in [0.5, 0.6) is 0 Å². The number of halogens is 2. The Morgan fingerprint density at radius 1 is 1.17 bits per heavy atom. The molecule has 2 unspecified atom stereocenters. The average molecular weight is 583 g/mol. The number of imidazole rings is 1. The largest absolute Gasteiger partial charge is 0.444 e. The van der Waals surface area contributed by atoms with Crippen LogP contribution in [0.3, 0.4) is 0 Å². The Morgan fingerprint density at radius 3 is 2.55 bits per heavy atom. The van der Waals surface area contributed by atoms with E-state index in [0.717, 1.165) is 42.8 Å². The Hall–Kier alpha value is -3.30. The lowest BCUT2D eigenvalue weighted by atomic mass is 9.90. The molecule has 9 heteroatoms. The predicted molar refractivity (Wildman–Crippen MR) is 160 cm³/mol. The van der Waals surface area contributed by atoms with Crippen LogP contribution in [0, 0.1) is 23.5 Å². The number of ether oxygens (including phenoxy) is 2. The van der Waals surface area contributed by atoms with E-state index in [0.29, 0.717) is 38.5 Å². The van der Waals surface area contributed by atoms with E-state index in [1.807, 2.05) is 57.3 Å². The third-order valence-electron chi connectivity index (χ3n) is 7.66. The molecule has 228 valence electrons. The second kappa shape index (κ2) is 14.2. The molecule has 0 spiro atoms. The monoisotopic (exact) mass is 582 g/mol. The molecule has 7 nitrogen and oxygen atoms in total. The van der Waals surface area contributed by atoms with Gasteiger partial charge in [0.15, 0.2) is 0 Å². The van der Waals surface area contributed by atoms with Crippen LogP contribution in [-0.4, -0.2) is 59.5 Å². The van der Waals surface area contributed by atoms with Crippen molar-refractivity contribution in [2.75, 3.05) is 33.4 Å². The van der Waals surface area contributed by atoms with Gasteiger partial charge in [-0.1, -0.05) is 43.7 Å². The molecule has 2 heterocycles. The van der Waals surface area contributed by atoms with E-state index in [1.54, 1.807) is 11.9 Å². The van der Waals surface area contributed by atoms with Crippen LogP contribution in [0.2, 0.25) is 0 Å². The molecule has 1 aliphatic rings. The van der Waals surface area contributed by atoms with Gasteiger partial charge in [-0.2, -0.15) is 0 Å². The molecule has 1 aromatic heterocycles. The minimum absolute atomic E-state index is 0.138. The number of hydrogen-bond donors (Lipinski definition) is 1. The van der Waals surface area contributed by atoms with Gasteiger partial charge in [0.25, 0.3) is 0 Å². The normalized spacial score (nSPS) is 15.8. The Labute approximate surface area is 248 Å². The summed E-state index contributed by atoms with van der Waals surface area (Å²) in [4.78, 5) is 19.2. The lowest BCUT2D eigenvalue weighted by molar-refractivity contribution is 0.0266. The second-order valence-corrected chi connectivity index (χ2v) is 12.2. The summed E-state index contributed by atoms with van der Waals surface area (Å²) in [6, 6.07) is 13.3. The van der Waals surface area contributed by atoms with Gasteiger partial charge in [-0.3, -0.25) is 0 Å². The third kappa shape index (κ3) is 8.61. The van der Waals surface area contributed by atoms with Crippen molar-refractivity contribution in [3.05, 3.63) is 77.8 Å². The quantitative estimate of drug-likeness (QED) is 0.269. The first-order valence-corrected chi connectivity index (χ1v) is 14.9. The number of carbonyl (C=O) groups is 1. The Morgan fingerprint density at radius 2 is 1.88 bits per heavy atom. The highest BCUT2D eigenvalue weighted by Gasteiger charge is 2.31. The fourth-order valence-electron chi connectivity index (χ4n) is 5.36. The minimum atomic E-state index is -0.561. The van der Waals surface area contributed by atoms with Gasteiger partial charge < -0.3 is 24.3 Å². The van der Waals surface area contributed by atoms with E-state index in [2.05, 4.69) is 16.8 Å². The standard InChI is InChI=1S/C33H44F2N4O3/c1-6-23(20-38(5)32(40)42-33(2,3)4)19-36-30(25-14-16-41-17-15-25)31-37-29(27-18-26(34)12-13-28(27)35)22-39(31)21-24-10-8-7-9-11-24/h7-13,18,22-23,25,30,36H,6,14-17,19-21H2,1-5H3.